The molecule has 1 aliphatic carbocycles. The number of nitrogens with one attached hydrogen (secondary N) is 1. The maximum Gasteiger partial charge on any atom is 0.232 e. The second-order valence-corrected chi connectivity index (χ2v) is 11.2. The van der Waals surface area contributed by atoms with Gasteiger partial charge < -0.3 is 14.8 Å². The highest BCUT2D eigenvalue weighted by atomic mass is 32.2. The summed E-state index contributed by atoms with van der Waals surface area (Å²) >= 11 is 0. The summed E-state index contributed by atoms with van der Waals surface area (Å²) in [6, 6.07) is 14.8. The Kier molecular flexibility index (Phi) is 7.36. The fourth-order valence-electron chi connectivity index (χ4n) is 5.20. The van der Waals surface area contributed by atoms with Gasteiger partial charge in [0.25, 0.3) is 0 Å². The normalized spacial score (nSPS) is 19.1. The molecule has 8 heteroatoms. The maximum absolute atomic E-state index is 12.9. The van der Waals surface area contributed by atoms with Crippen LogP contribution in [0.4, 0.5) is 5.69 Å². The van der Waals surface area contributed by atoms with Gasteiger partial charge in [0, 0.05) is 24.9 Å². The second kappa shape index (κ2) is 10.3. The van der Waals surface area contributed by atoms with Crippen LogP contribution in [0.3, 0.4) is 0 Å². The van der Waals surface area contributed by atoms with E-state index in [1.165, 1.54) is 24.1 Å². The molecule has 4 rings (SSSR count). The van der Waals surface area contributed by atoms with E-state index in [0.29, 0.717) is 17.9 Å². The van der Waals surface area contributed by atoms with E-state index in [4.69, 9.17) is 9.47 Å². The van der Waals surface area contributed by atoms with Gasteiger partial charge in [-0.3, -0.25) is 9.10 Å². The average Bonchev–Trinajstić information content (AvgIpc) is 2.81. The van der Waals surface area contributed by atoms with Crippen molar-refractivity contribution in [1.82, 2.24) is 5.32 Å². The molecule has 1 fully saturated rings. The molecule has 1 N–H and O–H groups in total. The number of hydrogen-bond donors (Lipinski definition) is 1. The van der Waals surface area contributed by atoms with Crippen LogP contribution in [-0.4, -0.2) is 39.8 Å². The van der Waals surface area contributed by atoms with Crippen LogP contribution in [0.1, 0.15) is 63.0 Å². The molecule has 184 valence electrons. The van der Waals surface area contributed by atoms with Crippen molar-refractivity contribution in [2.45, 2.75) is 63.0 Å². The summed E-state index contributed by atoms with van der Waals surface area (Å²) in [6.07, 6.45) is 8.11. The number of para-hydroxylation sites is 3. The molecular formula is C26H34N2O5S. The monoisotopic (exact) mass is 486 g/mol. The molecular weight excluding hydrogens is 452 g/mol. The molecule has 34 heavy (non-hydrogen) atoms. The molecule has 0 radical (unpaired) electrons. The lowest BCUT2D eigenvalue weighted by atomic mass is 9.77. The molecule has 1 atom stereocenters. The Morgan fingerprint density at radius 2 is 1.82 bits per heavy atom. The van der Waals surface area contributed by atoms with Crippen LogP contribution in [0.25, 0.3) is 0 Å². The Morgan fingerprint density at radius 3 is 2.56 bits per heavy atom. The number of ether oxygens (including phenoxy) is 2. The Balaban J connectivity index is 1.42. The van der Waals surface area contributed by atoms with Crippen LogP contribution < -0.4 is 19.1 Å². The maximum atomic E-state index is 12.9. The van der Waals surface area contributed by atoms with Gasteiger partial charge in [0.2, 0.25) is 15.9 Å². The van der Waals surface area contributed by atoms with Gasteiger partial charge in [0.15, 0.2) is 0 Å². The van der Waals surface area contributed by atoms with Gasteiger partial charge in [-0.1, -0.05) is 36.8 Å². The van der Waals surface area contributed by atoms with Crippen molar-refractivity contribution >= 4 is 21.6 Å². The van der Waals surface area contributed by atoms with Crippen LogP contribution in [0.2, 0.25) is 0 Å². The fraction of sp³-hybridized carbons (Fsp3) is 0.500. The van der Waals surface area contributed by atoms with Crippen molar-refractivity contribution in [2.24, 2.45) is 0 Å². The number of benzene rings is 2. The van der Waals surface area contributed by atoms with E-state index in [1.54, 1.807) is 24.3 Å². The van der Waals surface area contributed by atoms with Crippen LogP contribution in [0.5, 0.6) is 11.5 Å². The first-order chi connectivity index (χ1) is 16.3. The minimum absolute atomic E-state index is 0.0823. The zero-order chi connectivity index (χ0) is 24.2. The number of sulfonamides is 1. The van der Waals surface area contributed by atoms with Gasteiger partial charge >= 0.3 is 0 Å². The third-order valence-corrected chi connectivity index (χ3v) is 8.00. The minimum Gasteiger partial charge on any atom is -0.495 e. The summed E-state index contributed by atoms with van der Waals surface area (Å²) in [6.45, 7) is 0.195. The zero-order valence-electron chi connectivity index (χ0n) is 20.0. The van der Waals surface area contributed by atoms with Gasteiger partial charge in [0.1, 0.15) is 17.1 Å². The standard InChI is InChI=1S/C26H34N2O5S/c1-32-24-14-7-5-12-22(24)28(34(2,30)31)18-10-15-25(29)27-21-19-26(16-8-3-9-17-26)33-23-13-6-4-11-20(21)23/h4-7,11-14,21H,3,8-10,15-19H2,1-2H3,(H,27,29). The summed E-state index contributed by atoms with van der Waals surface area (Å²) in [5.74, 6) is 1.26. The Labute approximate surface area is 202 Å². The Hall–Kier alpha value is -2.74. The molecule has 0 saturated heterocycles. The molecule has 1 aliphatic heterocycles. The van der Waals surface area contributed by atoms with Crippen LogP contribution in [-0.2, 0) is 14.8 Å². The van der Waals surface area contributed by atoms with E-state index in [0.717, 1.165) is 43.4 Å². The van der Waals surface area contributed by atoms with Gasteiger partial charge in [-0.05, 0) is 50.3 Å². The number of nitrogens with zero attached hydrogens (tertiary/aromatic N) is 1. The molecule has 1 amide bonds. The molecule has 2 aromatic carbocycles. The molecule has 0 bridgehead atoms. The lowest BCUT2D eigenvalue weighted by Crippen LogP contribution is -2.46. The first kappa shape index (κ1) is 24.4. The number of fused-ring (bicyclic) bond motifs is 1. The Morgan fingerprint density at radius 1 is 1.12 bits per heavy atom. The zero-order valence-corrected chi connectivity index (χ0v) is 20.8. The van der Waals surface area contributed by atoms with Crippen molar-refractivity contribution in [3.05, 3.63) is 54.1 Å². The average molecular weight is 487 g/mol. The Bertz CT molecular complexity index is 1110. The third kappa shape index (κ3) is 5.49. The smallest absolute Gasteiger partial charge is 0.232 e. The molecule has 2 aromatic rings. The topological polar surface area (TPSA) is 84.9 Å². The highest BCUT2D eigenvalue weighted by Crippen LogP contribution is 2.46. The van der Waals surface area contributed by atoms with Crippen LogP contribution >= 0.6 is 0 Å². The van der Waals surface area contributed by atoms with E-state index in [1.807, 2.05) is 24.3 Å². The molecule has 1 spiro atoms. The van der Waals surface area contributed by atoms with Gasteiger partial charge in [-0.2, -0.15) is 0 Å². The van der Waals surface area contributed by atoms with Crippen LogP contribution in [0.15, 0.2) is 48.5 Å². The van der Waals surface area contributed by atoms with Crippen molar-refractivity contribution < 1.29 is 22.7 Å². The van der Waals surface area contributed by atoms with Crippen molar-refractivity contribution in [3.63, 3.8) is 0 Å². The van der Waals surface area contributed by atoms with Crippen molar-refractivity contribution in [1.29, 1.82) is 0 Å². The molecule has 1 saturated carbocycles. The molecule has 7 nitrogen and oxygen atoms in total. The lowest BCUT2D eigenvalue weighted by molar-refractivity contribution is -0.122. The van der Waals surface area contributed by atoms with Gasteiger partial charge in [-0.15, -0.1) is 0 Å². The van der Waals surface area contributed by atoms with E-state index < -0.39 is 10.0 Å². The lowest BCUT2D eigenvalue weighted by Gasteiger charge is -2.44. The number of carbonyl (C=O) groups is 1. The number of amides is 1. The summed E-state index contributed by atoms with van der Waals surface area (Å²) in [5.41, 5.74) is 1.28. The highest BCUT2D eigenvalue weighted by molar-refractivity contribution is 7.92. The predicted octanol–water partition coefficient (Wildman–Crippen LogP) is 4.58. The molecule has 1 unspecified atom stereocenters. The third-order valence-electron chi connectivity index (χ3n) is 6.82. The van der Waals surface area contributed by atoms with Gasteiger partial charge in [0.05, 0.1) is 25.1 Å². The molecule has 2 aliphatic rings. The summed E-state index contributed by atoms with van der Waals surface area (Å²) in [7, 11) is -2.02. The minimum atomic E-state index is -3.53. The first-order valence-electron chi connectivity index (χ1n) is 12.0. The number of hydrogen-bond acceptors (Lipinski definition) is 5. The summed E-state index contributed by atoms with van der Waals surface area (Å²) in [4.78, 5) is 12.9. The number of carbonyl (C=O) groups excluding carboxylic acids is 1. The molecule has 0 aromatic heterocycles. The van der Waals surface area contributed by atoms with Crippen LogP contribution in [0, 0.1) is 0 Å². The first-order valence-corrected chi connectivity index (χ1v) is 13.8. The fourth-order valence-corrected chi connectivity index (χ4v) is 6.17. The predicted molar refractivity (Wildman–Crippen MR) is 133 cm³/mol. The molecule has 1 heterocycles. The van der Waals surface area contributed by atoms with E-state index in [2.05, 4.69) is 5.32 Å². The number of methoxy groups -OCH3 is 1. The summed E-state index contributed by atoms with van der Waals surface area (Å²) in [5, 5.41) is 3.21. The summed E-state index contributed by atoms with van der Waals surface area (Å²) < 4.78 is 38.0. The largest absolute Gasteiger partial charge is 0.495 e. The quantitative estimate of drug-likeness (QED) is 0.590. The van der Waals surface area contributed by atoms with E-state index in [-0.39, 0.29) is 30.5 Å². The number of anilines is 1. The second-order valence-electron chi connectivity index (χ2n) is 9.32. The number of rotatable bonds is 8. The highest BCUT2D eigenvalue weighted by Gasteiger charge is 2.42. The SMILES string of the molecule is COc1ccccc1N(CCCC(=O)NC1CC2(CCCCC2)Oc2ccccc21)S(C)(=O)=O. The van der Waals surface area contributed by atoms with Crippen molar-refractivity contribution in [2.75, 3.05) is 24.2 Å². The van der Waals surface area contributed by atoms with E-state index in [9.17, 15) is 13.2 Å². The van der Waals surface area contributed by atoms with Gasteiger partial charge in [-0.25, -0.2) is 8.42 Å². The van der Waals surface area contributed by atoms with E-state index >= 15 is 0 Å². The van der Waals surface area contributed by atoms with Crippen molar-refractivity contribution in [3.8, 4) is 11.5 Å².